The van der Waals surface area contributed by atoms with Crippen LogP contribution in [0.25, 0.3) is 22.2 Å². The zero-order valence-electron chi connectivity index (χ0n) is 8.38. The highest BCUT2D eigenvalue weighted by Crippen LogP contribution is 2.26. The maximum absolute atomic E-state index is 5.51. The van der Waals surface area contributed by atoms with Crippen LogP contribution in [0, 0.1) is 0 Å². The lowest BCUT2D eigenvalue weighted by Crippen LogP contribution is -1.97. The van der Waals surface area contributed by atoms with E-state index in [2.05, 4.69) is 20.2 Å². The molecule has 0 aliphatic heterocycles. The summed E-state index contributed by atoms with van der Waals surface area (Å²) in [5.74, 6) is 0.183. The summed E-state index contributed by atoms with van der Waals surface area (Å²) in [6, 6.07) is 8.00. The van der Waals surface area contributed by atoms with Crippen LogP contribution in [0.15, 0.2) is 36.7 Å². The van der Waals surface area contributed by atoms with Crippen LogP contribution in [-0.4, -0.2) is 20.2 Å². The van der Waals surface area contributed by atoms with Gasteiger partial charge in [-0.25, -0.2) is 4.98 Å². The second-order valence-electron chi connectivity index (χ2n) is 3.45. The first kappa shape index (κ1) is 8.84. The molecule has 78 valence electrons. The molecule has 5 heteroatoms. The SMILES string of the molecule is Nc1nncc(-c2c[nH]c3ccccc23)n1. The van der Waals surface area contributed by atoms with Crippen molar-refractivity contribution in [3.63, 3.8) is 0 Å². The van der Waals surface area contributed by atoms with Crippen LogP contribution in [0.4, 0.5) is 5.95 Å². The van der Waals surface area contributed by atoms with Gasteiger partial charge >= 0.3 is 0 Å². The van der Waals surface area contributed by atoms with Crippen LogP contribution in [-0.2, 0) is 0 Å². The van der Waals surface area contributed by atoms with Crippen molar-refractivity contribution < 1.29 is 0 Å². The molecule has 0 bridgehead atoms. The predicted molar refractivity (Wildman–Crippen MR) is 61.5 cm³/mol. The third kappa shape index (κ3) is 1.30. The van der Waals surface area contributed by atoms with Gasteiger partial charge in [0.05, 0.1) is 11.9 Å². The van der Waals surface area contributed by atoms with E-state index in [0.717, 1.165) is 22.2 Å². The van der Waals surface area contributed by atoms with E-state index in [0.29, 0.717) is 0 Å². The summed E-state index contributed by atoms with van der Waals surface area (Å²) in [5, 5.41) is 8.53. The highest BCUT2D eigenvalue weighted by Gasteiger charge is 2.07. The summed E-state index contributed by atoms with van der Waals surface area (Å²) < 4.78 is 0. The number of aromatic amines is 1. The minimum atomic E-state index is 0.183. The Morgan fingerprint density at radius 3 is 2.94 bits per heavy atom. The number of anilines is 1. The first-order valence-corrected chi connectivity index (χ1v) is 4.86. The van der Waals surface area contributed by atoms with Crippen LogP contribution >= 0.6 is 0 Å². The number of nitrogens with two attached hydrogens (primary N) is 1. The quantitative estimate of drug-likeness (QED) is 0.640. The zero-order valence-corrected chi connectivity index (χ0v) is 8.38. The second-order valence-corrected chi connectivity index (χ2v) is 3.45. The molecule has 0 saturated carbocycles. The van der Waals surface area contributed by atoms with Crippen molar-refractivity contribution in [3.8, 4) is 11.3 Å². The van der Waals surface area contributed by atoms with Crippen LogP contribution in [0.5, 0.6) is 0 Å². The molecular weight excluding hydrogens is 202 g/mol. The Morgan fingerprint density at radius 2 is 2.06 bits per heavy atom. The Balaban J connectivity index is 2.26. The van der Waals surface area contributed by atoms with Crippen LogP contribution < -0.4 is 5.73 Å². The Morgan fingerprint density at radius 1 is 1.19 bits per heavy atom. The summed E-state index contributed by atoms with van der Waals surface area (Å²) in [6.45, 7) is 0. The summed E-state index contributed by atoms with van der Waals surface area (Å²) in [4.78, 5) is 7.33. The summed E-state index contributed by atoms with van der Waals surface area (Å²) in [5.41, 5.74) is 8.29. The van der Waals surface area contributed by atoms with Crippen molar-refractivity contribution in [2.75, 3.05) is 5.73 Å². The minimum absolute atomic E-state index is 0.183. The number of H-pyrrole nitrogens is 1. The molecule has 0 saturated heterocycles. The third-order valence-electron chi connectivity index (χ3n) is 2.44. The smallest absolute Gasteiger partial charge is 0.240 e. The van der Waals surface area contributed by atoms with Crippen molar-refractivity contribution in [1.29, 1.82) is 0 Å². The van der Waals surface area contributed by atoms with Gasteiger partial charge in [-0.3, -0.25) is 0 Å². The molecule has 3 aromatic rings. The lowest BCUT2D eigenvalue weighted by atomic mass is 10.1. The molecule has 0 radical (unpaired) electrons. The maximum Gasteiger partial charge on any atom is 0.240 e. The number of benzene rings is 1. The number of nitrogens with zero attached hydrogens (tertiary/aromatic N) is 3. The molecule has 2 aromatic heterocycles. The first-order chi connectivity index (χ1) is 7.84. The molecule has 3 N–H and O–H groups in total. The Kier molecular flexibility index (Phi) is 1.83. The van der Waals surface area contributed by atoms with Crippen molar-refractivity contribution >= 4 is 16.9 Å². The van der Waals surface area contributed by atoms with Gasteiger partial charge < -0.3 is 10.7 Å². The molecule has 2 heterocycles. The van der Waals surface area contributed by atoms with E-state index in [1.807, 2.05) is 30.5 Å². The molecule has 0 aliphatic carbocycles. The van der Waals surface area contributed by atoms with Gasteiger partial charge in [-0.2, -0.15) is 5.10 Å². The molecule has 0 aliphatic rings. The predicted octanol–water partition coefficient (Wildman–Crippen LogP) is 1.60. The largest absolute Gasteiger partial charge is 0.366 e. The number of fused-ring (bicyclic) bond motifs is 1. The molecule has 0 atom stereocenters. The van der Waals surface area contributed by atoms with Crippen molar-refractivity contribution in [2.24, 2.45) is 0 Å². The van der Waals surface area contributed by atoms with E-state index in [1.165, 1.54) is 0 Å². The molecular formula is C11H9N5. The summed E-state index contributed by atoms with van der Waals surface area (Å²) in [6.07, 6.45) is 3.50. The van der Waals surface area contributed by atoms with Crippen LogP contribution in [0.3, 0.4) is 0 Å². The number of rotatable bonds is 1. The van der Waals surface area contributed by atoms with Gasteiger partial charge in [0, 0.05) is 22.7 Å². The van der Waals surface area contributed by atoms with E-state index in [4.69, 9.17) is 5.73 Å². The highest BCUT2D eigenvalue weighted by molar-refractivity contribution is 5.94. The molecule has 1 aromatic carbocycles. The first-order valence-electron chi connectivity index (χ1n) is 4.86. The van der Waals surface area contributed by atoms with Crippen molar-refractivity contribution in [1.82, 2.24) is 20.2 Å². The fourth-order valence-electron chi connectivity index (χ4n) is 1.73. The van der Waals surface area contributed by atoms with Gasteiger partial charge in [-0.05, 0) is 6.07 Å². The Bertz CT molecular complexity index is 643. The fraction of sp³-hybridized carbons (Fsp3) is 0. The molecule has 5 nitrogen and oxygen atoms in total. The lowest BCUT2D eigenvalue weighted by Gasteiger charge is -1.97. The average molecular weight is 211 g/mol. The summed E-state index contributed by atoms with van der Waals surface area (Å²) >= 11 is 0. The molecule has 0 unspecified atom stereocenters. The number of para-hydroxylation sites is 1. The molecule has 0 fully saturated rings. The second kappa shape index (κ2) is 3.30. The van der Waals surface area contributed by atoms with E-state index in [1.54, 1.807) is 6.20 Å². The van der Waals surface area contributed by atoms with E-state index in [-0.39, 0.29) is 5.95 Å². The average Bonchev–Trinajstić information content (AvgIpc) is 2.72. The zero-order chi connectivity index (χ0) is 11.0. The molecule has 0 spiro atoms. The van der Waals surface area contributed by atoms with Gasteiger partial charge in [-0.1, -0.05) is 18.2 Å². The number of aromatic nitrogens is 4. The topological polar surface area (TPSA) is 80.5 Å². The Hall–Kier alpha value is -2.43. The van der Waals surface area contributed by atoms with E-state index in [9.17, 15) is 0 Å². The monoisotopic (exact) mass is 211 g/mol. The molecule has 0 amide bonds. The van der Waals surface area contributed by atoms with Gasteiger partial charge in [0.2, 0.25) is 5.95 Å². The van der Waals surface area contributed by atoms with Gasteiger partial charge in [0.25, 0.3) is 0 Å². The molecule has 16 heavy (non-hydrogen) atoms. The fourth-order valence-corrected chi connectivity index (χ4v) is 1.73. The summed E-state index contributed by atoms with van der Waals surface area (Å²) in [7, 11) is 0. The van der Waals surface area contributed by atoms with Gasteiger partial charge in [0.1, 0.15) is 0 Å². The van der Waals surface area contributed by atoms with Crippen LogP contribution in [0.1, 0.15) is 0 Å². The highest BCUT2D eigenvalue weighted by atomic mass is 15.2. The standard InChI is InChI=1S/C11H9N5/c12-11-15-10(6-14-16-11)8-5-13-9-4-2-1-3-7(8)9/h1-6,13H,(H2,12,15,16). The number of hydrogen-bond acceptors (Lipinski definition) is 4. The van der Waals surface area contributed by atoms with Crippen molar-refractivity contribution in [3.05, 3.63) is 36.7 Å². The number of nitrogens with one attached hydrogen (secondary N) is 1. The van der Waals surface area contributed by atoms with E-state index < -0.39 is 0 Å². The normalized spacial score (nSPS) is 10.8. The van der Waals surface area contributed by atoms with E-state index >= 15 is 0 Å². The lowest BCUT2D eigenvalue weighted by molar-refractivity contribution is 0.991. The maximum atomic E-state index is 5.51. The van der Waals surface area contributed by atoms with Gasteiger partial charge in [-0.15, -0.1) is 5.10 Å². The minimum Gasteiger partial charge on any atom is -0.366 e. The number of nitrogen functional groups attached to an aromatic ring is 1. The number of hydrogen-bond donors (Lipinski definition) is 2. The third-order valence-corrected chi connectivity index (χ3v) is 2.44. The Labute approximate surface area is 91.3 Å². The van der Waals surface area contributed by atoms with Crippen LogP contribution in [0.2, 0.25) is 0 Å². The van der Waals surface area contributed by atoms with Crippen molar-refractivity contribution in [2.45, 2.75) is 0 Å². The van der Waals surface area contributed by atoms with Gasteiger partial charge in [0.15, 0.2) is 0 Å². The molecule has 3 rings (SSSR count).